The largest absolute Gasteiger partial charge is 0.465 e. The molecule has 3 N–H and O–H groups in total. The highest BCUT2D eigenvalue weighted by molar-refractivity contribution is 7.10. The molecule has 2 fully saturated rings. The number of hydrogen-bond donors (Lipinski definition) is 3. The maximum atomic E-state index is 13.2. The van der Waals surface area contributed by atoms with E-state index in [0.717, 1.165) is 12.8 Å². The Labute approximate surface area is 167 Å². The molecular formula is C21H24N2O4S. The van der Waals surface area contributed by atoms with E-state index in [1.54, 1.807) is 18.2 Å². The summed E-state index contributed by atoms with van der Waals surface area (Å²) in [6.45, 7) is 1.52. The van der Waals surface area contributed by atoms with Gasteiger partial charge in [-0.2, -0.15) is 0 Å². The zero-order valence-corrected chi connectivity index (χ0v) is 16.3. The first-order valence-corrected chi connectivity index (χ1v) is 10.5. The number of benzene rings is 1. The summed E-state index contributed by atoms with van der Waals surface area (Å²) in [6.07, 6.45) is 1.11. The summed E-state index contributed by atoms with van der Waals surface area (Å²) in [7, 11) is 0. The number of carbonyl (C=O) groups excluding carboxylic acids is 1. The number of carbonyl (C=O) groups is 2. The first kappa shape index (κ1) is 19.0. The highest BCUT2D eigenvalue weighted by Crippen LogP contribution is 2.42. The summed E-state index contributed by atoms with van der Waals surface area (Å²) >= 11 is 1.35. The van der Waals surface area contributed by atoms with E-state index >= 15 is 0 Å². The second kappa shape index (κ2) is 7.56. The van der Waals surface area contributed by atoms with Crippen molar-refractivity contribution in [2.24, 2.45) is 17.8 Å². The molecule has 7 heteroatoms. The molecule has 0 spiro atoms. The quantitative estimate of drug-likeness (QED) is 0.720. The zero-order valence-electron chi connectivity index (χ0n) is 15.5. The second-order valence-corrected chi connectivity index (χ2v) is 8.66. The number of thiophene rings is 1. The molecule has 2 bridgehead atoms. The van der Waals surface area contributed by atoms with E-state index < -0.39 is 17.6 Å². The molecule has 3 unspecified atom stereocenters. The lowest BCUT2D eigenvalue weighted by Gasteiger charge is -2.37. The molecule has 2 heterocycles. The number of hydrogen-bond acceptors (Lipinski definition) is 4. The molecule has 1 aromatic heterocycles. The minimum Gasteiger partial charge on any atom is -0.465 e. The molecule has 1 aliphatic carbocycles. The van der Waals surface area contributed by atoms with Crippen molar-refractivity contribution in [3.05, 3.63) is 58.3 Å². The van der Waals surface area contributed by atoms with Gasteiger partial charge in [0.15, 0.2) is 0 Å². The highest BCUT2D eigenvalue weighted by Gasteiger charge is 2.45. The van der Waals surface area contributed by atoms with Crippen LogP contribution >= 0.6 is 11.3 Å². The van der Waals surface area contributed by atoms with Gasteiger partial charge in [0.05, 0.1) is 4.88 Å². The zero-order chi connectivity index (χ0) is 19.7. The lowest BCUT2D eigenvalue weighted by atomic mass is 9.84. The van der Waals surface area contributed by atoms with Crippen LogP contribution in [0.2, 0.25) is 0 Å². The van der Waals surface area contributed by atoms with Gasteiger partial charge in [0.1, 0.15) is 0 Å². The van der Waals surface area contributed by atoms with Crippen molar-refractivity contribution in [2.45, 2.75) is 18.4 Å². The van der Waals surface area contributed by atoms with Crippen molar-refractivity contribution in [3.8, 4) is 0 Å². The number of nitrogens with one attached hydrogen (secondary N) is 1. The molecule has 0 radical (unpaired) electrons. The average molecular weight is 401 g/mol. The number of rotatable bonds is 5. The Morgan fingerprint density at radius 2 is 1.79 bits per heavy atom. The average Bonchev–Trinajstić information content (AvgIpc) is 3.32. The normalized spacial score (nSPS) is 25.9. The van der Waals surface area contributed by atoms with Gasteiger partial charge in [0.2, 0.25) is 5.60 Å². The smallest absolute Gasteiger partial charge is 0.407 e. The molecule has 1 saturated carbocycles. The third-order valence-corrected chi connectivity index (χ3v) is 7.17. The van der Waals surface area contributed by atoms with Crippen LogP contribution < -0.4 is 5.32 Å². The first-order valence-electron chi connectivity index (χ1n) is 9.58. The SMILES string of the molecule is O=C(O)N1CC2CCC(C1)C2CNC(=O)C(O)(c1ccccc1)c1cccs1. The van der Waals surface area contributed by atoms with Crippen LogP contribution in [0.25, 0.3) is 0 Å². The number of fused-ring (bicyclic) bond motifs is 2. The maximum absolute atomic E-state index is 13.2. The van der Waals surface area contributed by atoms with Crippen molar-refractivity contribution >= 4 is 23.3 Å². The van der Waals surface area contributed by atoms with Gasteiger partial charge < -0.3 is 20.4 Å². The van der Waals surface area contributed by atoms with Gasteiger partial charge in [0, 0.05) is 19.6 Å². The Hall–Kier alpha value is -2.38. The summed E-state index contributed by atoms with van der Waals surface area (Å²) in [4.78, 5) is 26.5. The van der Waals surface area contributed by atoms with E-state index in [1.165, 1.54) is 16.2 Å². The minimum atomic E-state index is -1.73. The van der Waals surface area contributed by atoms with Gasteiger partial charge in [-0.05, 0) is 47.6 Å². The summed E-state index contributed by atoms with van der Waals surface area (Å²) < 4.78 is 0. The lowest BCUT2D eigenvalue weighted by molar-refractivity contribution is -0.136. The predicted molar refractivity (Wildman–Crippen MR) is 106 cm³/mol. The number of likely N-dealkylation sites (tertiary alicyclic amines) is 1. The number of aliphatic hydroxyl groups is 1. The molecular weight excluding hydrogens is 376 g/mol. The standard InChI is InChI=1S/C21H24N2O4S/c24-19(21(27,18-7-4-10-28-18)16-5-2-1-3-6-16)22-11-17-14-8-9-15(17)13-23(12-14)20(25)26/h1-7,10,14-15,17,27H,8-9,11-13H2,(H,22,24)(H,25,26). The fourth-order valence-corrected chi connectivity index (χ4v) is 5.55. The fourth-order valence-electron chi connectivity index (χ4n) is 4.71. The van der Waals surface area contributed by atoms with Crippen molar-refractivity contribution < 1.29 is 19.8 Å². The molecule has 4 rings (SSSR count). The molecule has 6 nitrogen and oxygen atoms in total. The number of nitrogens with zero attached hydrogens (tertiary/aromatic N) is 1. The Morgan fingerprint density at radius 1 is 1.11 bits per heavy atom. The van der Waals surface area contributed by atoms with E-state index in [1.807, 2.05) is 29.6 Å². The van der Waals surface area contributed by atoms with Crippen molar-refractivity contribution in [1.82, 2.24) is 10.2 Å². The third-order valence-electron chi connectivity index (χ3n) is 6.20. The Balaban J connectivity index is 1.50. The number of carboxylic acid groups (broad SMARTS) is 1. The maximum Gasteiger partial charge on any atom is 0.407 e. The van der Waals surface area contributed by atoms with Gasteiger partial charge in [-0.25, -0.2) is 4.79 Å². The predicted octanol–water partition coefficient (Wildman–Crippen LogP) is 2.74. The Kier molecular flexibility index (Phi) is 5.12. The lowest BCUT2D eigenvalue weighted by Crippen LogP contribution is -2.51. The molecule has 148 valence electrons. The second-order valence-electron chi connectivity index (χ2n) is 7.71. The van der Waals surface area contributed by atoms with Gasteiger partial charge in [0.25, 0.3) is 5.91 Å². The molecule has 1 aromatic carbocycles. The molecule has 3 atom stereocenters. The molecule has 1 aliphatic heterocycles. The molecule has 28 heavy (non-hydrogen) atoms. The van der Waals surface area contributed by atoms with Gasteiger partial charge in [-0.3, -0.25) is 4.79 Å². The molecule has 2 aliphatic rings. The molecule has 2 aromatic rings. The van der Waals surface area contributed by atoms with Crippen LogP contribution in [-0.2, 0) is 10.4 Å². The molecule has 1 saturated heterocycles. The first-order chi connectivity index (χ1) is 13.5. The number of amides is 2. The van der Waals surface area contributed by atoms with Crippen molar-refractivity contribution in [3.63, 3.8) is 0 Å². The van der Waals surface area contributed by atoms with Crippen LogP contribution in [0.1, 0.15) is 23.3 Å². The van der Waals surface area contributed by atoms with E-state index in [9.17, 15) is 19.8 Å². The van der Waals surface area contributed by atoms with Crippen LogP contribution in [0.3, 0.4) is 0 Å². The Bertz CT molecular complexity index is 827. The number of piperidine rings is 1. The van der Waals surface area contributed by atoms with Crippen LogP contribution in [-0.4, -0.2) is 46.7 Å². The highest BCUT2D eigenvalue weighted by atomic mass is 32.1. The van der Waals surface area contributed by atoms with Crippen LogP contribution in [0.5, 0.6) is 0 Å². The van der Waals surface area contributed by atoms with E-state index in [2.05, 4.69) is 5.32 Å². The minimum absolute atomic E-state index is 0.253. The van der Waals surface area contributed by atoms with Gasteiger partial charge in [-0.1, -0.05) is 36.4 Å². The van der Waals surface area contributed by atoms with Crippen LogP contribution in [0.4, 0.5) is 4.79 Å². The third kappa shape index (κ3) is 3.29. The molecule has 2 amide bonds. The van der Waals surface area contributed by atoms with Crippen LogP contribution in [0, 0.1) is 17.8 Å². The Morgan fingerprint density at radius 3 is 2.36 bits per heavy atom. The summed E-state index contributed by atoms with van der Waals surface area (Å²) in [6, 6.07) is 12.6. The summed E-state index contributed by atoms with van der Waals surface area (Å²) in [5.74, 6) is 0.354. The van der Waals surface area contributed by atoms with Gasteiger partial charge in [-0.15, -0.1) is 11.3 Å². The van der Waals surface area contributed by atoms with Crippen molar-refractivity contribution in [1.29, 1.82) is 0 Å². The monoisotopic (exact) mass is 400 g/mol. The summed E-state index contributed by atoms with van der Waals surface area (Å²) in [5, 5.41) is 25.5. The van der Waals surface area contributed by atoms with E-state index in [-0.39, 0.29) is 17.8 Å². The van der Waals surface area contributed by atoms with Gasteiger partial charge >= 0.3 is 6.09 Å². The van der Waals surface area contributed by atoms with E-state index in [4.69, 9.17) is 0 Å². The van der Waals surface area contributed by atoms with Crippen LogP contribution in [0.15, 0.2) is 47.8 Å². The topological polar surface area (TPSA) is 89.9 Å². The fraction of sp³-hybridized carbons (Fsp3) is 0.429. The summed E-state index contributed by atoms with van der Waals surface area (Å²) in [5.41, 5.74) is -1.19. The van der Waals surface area contributed by atoms with Crippen molar-refractivity contribution in [2.75, 3.05) is 19.6 Å². The van der Waals surface area contributed by atoms with E-state index in [0.29, 0.717) is 30.1 Å².